The lowest BCUT2D eigenvalue weighted by atomic mass is 9.83. The van der Waals surface area contributed by atoms with E-state index in [1.54, 1.807) is 12.1 Å². The molecule has 0 unspecified atom stereocenters. The highest BCUT2D eigenvalue weighted by molar-refractivity contribution is 7.92. The molecule has 8 heteroatoms. The molecule has 0 aliphatic carbocycles. The van der Waals surface area contributed by atoms with Crippen molar-refractivity contribution in [3.63, 3.8) is 0 Å². The number of hydrogen-bond donors (Lipinski definition) is 1. The third kappa shape index (κ3) is 5.63. The Morgan fingerprint density at radius 2 is 1.70 bits per heavy atom. The van der Waals surface area contributed by atoms with E-state index in [9.17, 15) is 13.2 Å². The number of halogens is 1. The van der Waals surface area contributed by atoms with E-state index < -0.39 is 21.5 Å². The normalized spacial score (nSPS) is 16.4. The Labute approximate surface area is 224 Å². The second kappa shape index (κ2) is 10.8. The molecular weight excluding hydrogens is 508 g/mol. The largest absolute Gasteiger partial charge is 0.487 e. The van der Waals surface area contributed by atoms with Crippen molar-refractivity contribution in [1.82, 2.24) is 5.32 Å². The molecule has 1 aliphatic rings. The van der Waals surface area contributed by atoms with Crippen molar-refractivity contribution < 1.29 is 17.9 Å². The minimum absolute atomic E-state index is 0.0651. The van der Waals surface area contributed by atoms with Crippen LogP contribution in [-0.2, 0) is 14.8 Å². The van der Waals surface area contributed by atoms with E-state index in [1.165, 1.54) is 24.3 Å². The van der Waals surface area contributed by atoms with Crippen LogP contribution in [0.15, 0.2) is 71.6 Å². The molecule has 1 amide bonds. The Kier molecular flexibility index (Phi) is 7.85. The van der Waals surface area contributed by atoms with E-state index in [4.69, 9.17) is 16.3 Å². The summed E-state index contributed by atoms with van der Waals surface area (Å²) >= 11 is 5.99. The average molecular weight is 541 g/mol. The fourth-order valence-electron chi connectivity index (χ4n) is 4.73. The summed E-state index contributed by atoms with van der Waals surface area (Å²) in [6.07, 6.45) is 2.20. The quantitative estimate of drug-likeness (QED) is 0.361. The number of rotatable bonds is 8. The first kappa shape index (κ1) is 27.0. The van der Waals surface area contributed by atoms with Crippen molar-refractivity contribution >= 4 is 33.2 Å². The molecule has 1 heterocycles. The summed E-state index contributed by atoms with van der Waals surface area (Å²) in [7, 11) is -4.04. The van der Waals surface area contributed by atoms with Crippen molar-refractivity contribution in [3.05, 3.63) is 88.4 Å². The smallest absolute Gasteiger partial charge is 0.264 e. The predicted octanol–water partition coefficient (Wildman–Crippen LogP) is 6.35. The van der Waals surface area contributed by atoms with Gasteiger partial charge in [-0.25, -0.2) is 8.42 Å². The first-order chi connectivity index (χ1) is 17.6. The van der Waals surface area contributed by atoms with Gasteiger partial charge in [0.15, 0.2) is 0 Å². The maximum Gasteiger partial charge on any atom is 0.264 e. The number of nitrogens with zero attached hydrogens (tertiary/aromatic N) is 1. The van der Waals surface area contributed by atoms with E-state index in [1.807, 2.05) is 44.2 Å². The van der Waals surface area contributed by atoms with Crippen LogP contribution in [0.5, 0.6) is 5.75 Å². The Morgan fingerprint density at radius 1 is 1.03 bits per heavy atom. The van der Waals surface area contributed by atoms with Gasteiger partial charge in [0.2, 0.25) is 5.91 Å². The fourth-order valence-corrected chi connectivity index (χ4v) is 6.27. The SMILES string of the molecule is CCC1(CC)C[C@H](NC(=O)CN(c2ccc(C)c(C)c2)S(=O)(=O)c2ccc(Cl)cc2)c2ccccc2O1. The number of anilines is 1. The standard InChI is InChI=1S/C29H33ClN2O4S/c1-5-29(6-2)18-26(25-9-7-8-10-27(25)36-29)31-28(33)19-32(23-14-11-20(3)21(4)17-23)37(34,35)24-15-12-22(30)13-16-24/h7-17,26H,5-6,18-19H2,1-4H3,(H,31,33)/t26-/m0/s1. The number of aryl methyl sites for hydroxylation is 2. The molecule has 1 aliphatic heterocycles. The van der Waals surface area contributed by atoms with Crippen LogP contribution in [-0.4, -0.2) is 26.5 Å². The van der Waals surface area contributed by atoms with Gasteiger partial charge in [0.25, 0.3) is 10.0 Å². The van der Waals surface area contributed by atoms with Crippen LogP contribution in [0.4, 0.5) is 5.69 Å². The lowest BCUT2D eigenvalue weighted by molar-refractivity contribution is -0.121. The van der Waals surface area contributed by atoms with Crippen molar-refractivity contribution in [2.45, 2.75) is 63.5 Å². The van der Waals surface area contributed by atoms with E-state index in [0.717, 1.165) is 39.6 Å². The summed E-state index contributed by atoms with van der Waals surface area (Å²) in [6.45, 7) is 7.67. The summed E-state index contributed by atoms with van der Waals surface area (Å²) in [5.41, 5.74) is 2.90. The Balaban J connectivity index is 1.67. The van der Waals surface area contributed by atoms with Crippen molar-refractivity contribution in [3.8, 4) is 5.75 Å². The molecule has 3 aromatic rings. The molecule has 0 bridgehead atoms. The highest BCUT2D eigenvalue weighted by Gasteiger charge is 2.39. The molecule has 0 spiro atoms. The number of hydrogen-bond acceptors (Lipinski definition) is 4. The van der Waals surface area contributed by atoms with Gasteiger partial charge in [-0.05, 0) is 80.3 Å². The molecule has 3 aromatic carbocycles. The molecule has 196 valence electrons. The van der Waals surface area contributed by atoms with E-state index in [-0.39, 0.29) is 17.5 Å². The Morgan fingerprint density at radius 3 is 2.35 bits per heavy atom. The predicted molar refractivity (Wildman–Crippen MR) is 148 cm³/mol. The third-order valence-electron chi connectivity index (χ3n) is 7.29. The second-order valence-corrected chi connectivity index (χ2v) is 11.9. The molecule has 6 nitrogen and oxygen atoms in total. The van der Waals surface area contributed by atoms with Crippen LogP contribution in [0, 0.1) is 13.8 Å². The number of para-hydroxylation sites is 1. The molecule has 0 saturated heterocycles. The molecule has 1 N–H and O–H groups in total. The highest BCUT2D eigenvalue weighted by atomic mass is 35.5. The Bertz CT molecular complexity index is 1390. The van der Waals surface area contributed by atoms with E-state index in [0.29, 0.717) is 17.1 Å². The third-order valence-corrected chi connectivity index (χ3v) is 9.33. The van der Waals surface area contributed by atoms with Gasteiger partial charge in [-0.3, -0.25) is 9.10 Å². The van der Waals surface area contributed by atoms with Crippen LogP contribution in [0.1, 0.15) is 55.8 Å². The number of nitrogens with one attached hydrogen (secondary N) is 1. The minimum atomic E-state index is -4.04. The molecule has 0 fully saturated rings. The zero-order chi connectivity index (χ0) is 26.8. The van der Waals surface area contributed by atoms with Gasteiger partial charge in [0.1, 0.15) is 17.9 Å². The molecule has 0 aromatic heterocycles. The summed E-state index contributed by atoms with van der Waals surface area (Å²) in [5.74, 6) is 0.362. The van der Waals surface area contributed by atoms with Gasteiger partial charge < -0.3 is 10.1 Å². The molecule has 4 rings (SSSR count). The minimum Gasteiger partial charge on any atom is -0.487 e. The first-order valence-corrected chi connectivity index (χ1v) is 14.3. The van der Waals surface area contributed by atoms with Gasteiger partial charge in [0, 0.05) is 17.0 Å². The second-order valence-electron chi connectivity index (χ2n) is 9.59. The monoisotopic (exact) mass is 540 g/mol. The van der Waals surface area contributed by atoms with Gasteiger partial charge in [-0.2, -0.15) is 0 Å². The van der Waals surface area contributed by atoms with Crippen LogP contribution < -0.4 is 14.4 Å². The summed E-state index contributed by atoms with van der Waals surface area (Å²) in [5, 5.41) is 3.54. The molecule has 0 radical (unpaired) electrons. The number of benzene rings is 3. The van der Waals surface area contributed by atoms with Crippen LogP contribution in [0.25, 0.3) is 0 Å². The molecular formula is C29H33ClN2O4S. The molecule has 1 atom stereocenters. The van der Waals surface area contributed by atoms with Gasteiger partial charge in [0.05, 0.1) is 16.6 Å². The number of ether oxygens (including phenoxy) is 1. The number of carbonyl (C=O) groups excluding carboxylic acids is 1. The van der Waals surface area contributed by atoms with E-state index >= 15 is 0 Å². The van der Waals surface area contributed by atoms with Gasteiger partial charge in [-0.1, -0.05) is 49.7 Å². The lowest BCUT2D eigenvalue weighted by Gasteiger charge is -2.41. The van der Waals surface area contributed by atoms with Gasteiger partial charge in [-0.15, -0.1) is 0 Å². The topological polar surface area (TPSA) is 75.7 Å². The van der Waals surface area contributed by atoms with Crippen molar-refractivity contribution in [1.29, 1.82) is 0 Å². The Hall–Kier alpha value is -3.03. The average Bonchev–Trinajstić information content (AvgIpc) is 2.89. The zero-order valence-electron chi connectivity index (χ0n) is 21.6. The van der Waals surface area contributed by atoms with Crippen molar-refractivity contribution in [2.75, 3.05) is 10.8 Å². The highest BCUT2D eigenvalue weighted by Crippen LogP contribution is 2.42. The molecule has 37 heavy (non-hydrogen) atoms. The summed E-state index contributed by atoms with van der Waals surface area (Å²) in [6, 6.07) is 18.7. The number of sulfonamides is 1. The fraction of sp³-hybridized carbons (Fsp3) is 0.345. The van der Waals surface area contributed by atoms with Gasteiger partial charge >= 0.3 is 0 Å². The maximum absolute atomic E-state index is 13.7. The number of carbonyl (C=O) groups is 1. The van der Waals surface area contributed by atoms with Crippen LogP contribution >= 0.6 is 11.6 Å². The van der Waals surface area contributed by atoms with Crippen LogP contribution in [0.2, 0.25) is 5.02 Å². The van der Waals surface area contributed by atoms with E-state index in [2.05, 4.69) is 19.2 Å². The lowest BCUT2D eigenvalue weighted by Crippen LogP contribution is -2.47. The maximum atomic E-state index is 13.7. The molecule has 0 saturated carbocycles. The number of fused-ring (bicyclic) bond motifs is 1. The zero-order valence-corrected chi connectivity index (χ0v) is 23.2. The van der Waals surface area contributed by atoms with Crippen LogP contribution in [0.3, 0.4) is 0 Å². The first-order valence-electron chi connectivity index (χ1n) is 12.5. The summed E-state index contributed by atoms with van der Waals surface area (Å²) in [4.78, 5) is 13.6. The van der Waals surface area contributed by atoms with Crippen molar-refractivity contribution in [2.24, 2.45) is 0 Å². The summed E-state index contributed by atoms with van der Waals surface area (Å²) < 4.78 is 35.0. The number of amides is 1.